The summed E-state index contributed by atoms with van der Waals surface area (Å²) in [5.74, 6) is 0.837. The number of fused-ring (bicyclic) bond motifs is 2. The molecule has 0 bridgehead atoms. The number of phenolic OH excluding ortho intramolecular Hbond substituents is 1. The summed E-state index contributed by atoms with van der Waals surface area (Å²) in [5.41, 5.74) is 8.76. The predicted octanol–water partition coefficient (Wildman–Crippen LogP) is 9.95. The monoisotopic (exact) mass is 790 g/mol. The van der Waals surface area contributed by atoms with Crippen LogP contribution in [0.2, 0.25) is 0 Å². The van der Waals surface area contributed by atoms with Crippen molar-refractivity contribution in [3.8, 4) is 11.5 Å². The van der Waals surface area contributed by atoms with E-state index in [9.17, 15) is 14.7 Å². The summed E-state index contributed by atoms with van der Waals surface area (Å²) in [7, 11) is 3.64. The number of amidine groups is 1. The molecule has 0 saturated carbocycles. The Bertz CT molecular complexity index is 2320. The number of hydrogen-bond acceptors (Lipinski definition) is 7. The third-order valence-corrected chi connectivity index (χ3v) is 10.6. The van der Waals surface area contributed by atoms with E-state index in [0.717, 1.165) is 59.1 Å². The van der Waals surface area contributed by atoms with Crippen LogP contribution in [0.4, 0.5) is 0 Å². The van der Waals surface area contributed by atoms with Crippen molar-refractivity contribution in [3.05, 3.63) is 150 Å². The van der Waals surface area contributed by atoms with Crippen LogP contribution in [0.25, 0.3) is 33.0 Å². The highest BCUT2D eigenvalue weighted by Crippen LogP contribution is 2.35. The number of allylic oxidation sites excluding steroid dienone is 1. The number of benzene rings is 5. The molecule has 59 heavy (non-hydrogen) atoms. The number of carbonyl (C=O) groups is 2. The summed E-state index contributed by atoms with van der Waals surface area (Å²) < 4.78 is 11.4. The Morgan fingerprint density at radius 2 is 1.27 bits per heavy atom. The van der Waals surface area contributed by atoms with Gasteiger partial charge in [-0.25, -0.2) is 4.98 Å². The van der Waals surface area contributed by atoms with Gasteiger partial charge in [-0.15, -0.1) is 0 Å². The summed E-state index contributed by atoms with van der Waals surface area (Å²) >= 11 is 0. The number of aromatic hydroxyl groups is 1. The first-order valence-corrected chi connectivity index (χ1v) is 20.5. The van der Waals surface area contributed by atoms with Gasteiger partial charge in [0.2, 0.25) is 5.91 Å². The van der Waals surface area contributed by atoms with Crippen LogP contribution in [0.1, 0.15) is 67.7 Å². The first-order valence-electron chi connectivity index (χ1n) is 20.5. The molecule has 1 aromatic heterocycles. The normalized spacial score (nSPS) is 11.6. The van der Waals surface area contributed by atoms with Crippen LogP contribution >= 0.6 is 0 Å². The molecule has 1 amide bonds. The fourth-order valence-electron chi connectivity index (χ4n) is 7.36. The fourth-order valence-corrected chi connectivity index (χ4v) is 7.36. The maximum atomic E-state index is 12.8. The number of amides is 1. The maximum absolute atomic E-state index is 12.8. The summed E-state index contributed by atoms with van der Waals surface area (Å²) in [6, 6.07) is 42.0. The first-order chi connectivity index (χ1) is 28.7. The van der Waals surface area contributed by atoms with Crippen molar-refractivity contribution >= 4 is 50.7 Å². The van der Waals surface area contributed by atoms with Gasteiger partial charge in [-0.3, -0.25) is 15.0 Å². The lowest BCUT2D eigenvalue weighted by atomic mass is 9.88. The van der Waals surface area contributed by atoms with E-state index < -0.39 is 5.97 Å². The molecule has 0 fully saturated rings. The number of para-hydroxylation sites is 2. The minimum absolute atomic E-state index is 0.000818. The number of hydrogen-bond donors (Lipinski definition) is 2. The van der Waals surface area contributed by atoms with Crippen LogP contribution in [0, 0.1) is 5.41 Å². The Balaban J connectivity index is 0.886. The third kappa shape index (κ3) is 11.3. The molecule has 5 aromatic carbocycles. The second-order valence-corrected chi connectivity index (χ2v) is 14.7. The zero-order valence-corrected chi connectivity index (χ0v) is 34.3. The van der Waals surface area contributed by atoms with Gasteiger partial charge in [0.25, 0.3) is 0 Å². The molecular formula is C50H54N4O5. The molecule has 304 valence electrons. The van der Waals surface area contributed by atoms with Crippen molar-refractivity contribution < 1.29 is 24.2 Å². The molecule has 6 aromatic rings. The molecule has 0 radical (unpaired) electrons. The van der Waals surface area contributed by atoms with Crippen molar-refractivity contribution in [2.75, 3.05) is 40.4 Å². The van der Waals surface area contributed by atoms with Crippen LogP contribution in [-0.2, 0) is 20.7 Å². The summed E-state index contributed by atoms with van der Waals surface area (Å²) in [4.78, 5) is 33.6. The molecule has 2 N–H and O–H groups in total. The van der Waals surface area contributed by atoms with Gasteiger partial charge in [0.1, 0.15) is 18.1 Å². The summed E-state index contributed by atoms with van der Waals surface area (Å²) in [5, 5.41) is 20.8. The standard InChI is InChI=1S/C50H54N4O5/c1-4-41(36-14-6-5-7-15-36)50(37-22-26-39(55)27-23-37)38-24-28-40(29-25-38)58-35-33-54(3)48(56)30-31-49(57)59-34-13-21-47(51)53(2)32-12-18-42-43-16-8-10-19-45(43)52-46-20-11-9-17-44(42)46/h5-11,14-17,19-20,22-29,51,55H,4,12-13,18,21,30-35H2,1-3H3/b50-41-,51-47?. The molecule has 6 rings (SSSR count). The average Bonchev–Trinajstić information content (AvgIpc) is 3.26. The third-order valence-electron chi connectivity index (χ3n) is 10.6. The van der Waals surface area contributed by atoms with Gasteiger partial charge >= 0.3 is 5.97 Å². The predicted molar refractivity (Wildman–Crippen MR) is 238 cm³/mol. The van der Waals surface area contributed by atoms with Crippen LogP contribution < -0.4 is 4.74 Å². The Labute approximate surface area is 347 Å². The highest BCUT2D eigenvalue weighted by atomic mass is 16.5. The number of esters is 1. The molecule has 0 aliphatic carbocycles. The first kappa shape index (κ1) is 42.1. The molecular weight excluding hydrogens is 737 g/mol. The van der Waals surface area contributed by atoms with Gasteiger partial charge in [-0.2, -0.15) is 0 Å². The molecule has 0 unspecified atom stereocenters. The molecule has 0 saturated heterocycles. The molecule has 9 nitrogen and oxygen atoms in total. The highest BCUT2D eigenvalue weighted by molar-refractivity contribution is 5.99. The minimum Gasteiger partial charge on any atom is -0.508 e. The number of aromatic nitrogens is 1. The van der Waals surface area contributed by atoms with Gasteiger partial charge in [0.15, 0.2) is 0 Å². The van der Waals surface area contributed by atoms with Gasteiger partial charge in [0.05, 0.1) is 36.4 Å². The van der Waals surface area contributed by atoms with E-state index in [4.69, 9.17) is 19.9 Å². The van der Waals surface area contributed by atoms with Gasteiger partial charge in [-0.1, -0.05) is 97.9 Å². The van der Waals surface area contributed by atoms with Crippen LogP contribution in [0.5, 0.6) is 11.5 Å². The minimum atomic E-state index is -0.418. The molecule has 1 heterocycles. The van der Waals surface area contributed by atoms with E-state index in [1.807, 2.05) is 78.7 Å². The number of nitrogens with zero attached hydrogens (tertiary/aromatic N) is 3. The number of aryl methyl sites for hydroxylation is 1. The SMILES string of the molecule is CC/C(=C(\c1ccc(O)cc1)c1ccc(OCCN(C)C(=O)CCC(=O)OCCCC(=N)N(C)CCCc2c3ccccc3nc3ccccc23)cc1)c1ccccc1. The Morgan fingerprint density at radius 1 is 0.661 bits per heavy atom. The van der Waals surface area contributed by atoms with Crippen molar-refractivity contribution in [1.29, 1.82) is 5.41 Å². The number of likely N-dealkylation sites (N-methyl/N-ethyl adjacent to an activating group) is 1. The lowest BCUT2D eigenvalue weighted by Crippen LogP contribution is -2.31. The second-order valence-electron chi connectivity index (χ2n) is 14.7. The molecule has 0 aliphatic rings. The Morgan fingerprint density at radius 3 is 1.92 bits per heavy atom. The number of ether oxygens (including phenoxy) is 2. The van der Waals surface area contributed by atoms with Crippen molar-refractivity contribution in [1.82, 2.24) is 14.8 Å². The Hall–Kier alpha value is -6.48. The number of rotatable bonds is 19. The topological polar surface area (TPSA) is 116 Å². The van der Waals surface area contributed by atoms with Crippen molar-refractivity contribution in [2.24, 2.45) is 0 Å². The van der Waals surface area contributed by atoms with Crippen LogP contribution in [0.15, 0.2) is 127 Å². The Kier molecular flexibility index (Phi) is 14.9. The van der Waals surface area contributed by atoms with Crippen molar-refractivity contribution in [3.63, 3.8) is 0 Å². The van der Waals surface area contributed by atoms with Crippen LogP contribution in [0.3, 0.4) is 0 Å². The molecule has 0 atom stereocenters. The van der Waals surface area contributed by atoms with Gasteiger partial charge in [-0.05, 0) is 95.5 Å². The second kappa shape index (κ2) is 20.8. The van der Waals surface area contributed by atoms with E-state index in [1.165, 1.54) is 21.9 Å². The molecule has 0 aliphatic heterocycles. The largest absolute Gasteiger partial charge is 0.508 e. The van der Waals surface area contributed by atoms with E-state index in [0.29, 0.717) is 37.6 Å². The van der Waals surface area contributed by atoms with E-state index in [2.05, 4.69) is 55.5 Å². The summed E-state index contributed by atoms with van der Waals surface area (Å²) in [6.45, 7) is 3.76. The van der Waals surface area contributed by atoms with Crippen molar-refractivity contribution in [2.45, 2.75) is 51.9 Å². The van der Waals surface area contributed by atoms with E-state index in [1.54, 1.807) is 24.1 Å². The quantitative estimate of drug-likeness (QED) is 0.0210. The summed E-state index contributed by atoms with van der Waals surface area (Å²) in [6.07, 6.45) is 3.70. The molecule has 9 heteroatoms. The molecule has 0 spiro atoms. The lowest BCUT2D eigenvalue weighted by molar-refractivity contribution is -0.146. The van der Waals surface area contributed by atoms with Crippen LogP contribution in [-0.4, -0.2) is 78.0 Å². The van der Waals surface area contributed by atoms with Gasteiger partial charge in [0, 0.05) is 44.3 Å². The number of phenols is 1. The van der Waals surface area contributed by atoms with Gasteiger partial charge < -0.3 is 24.4 Å². The zero-order valence-electron chi connectivity index (χ0n) is 34.3. The maximum Gasteiger partial charge on any atom is 0.306 e. The highest BCUT2D eigenvalue weighted by Gasteiger charge is 2.16. The average molecular weight is 791 g/mol. The number of carbonyl (C=O) groups excluding carboxylic acids is 2. The number of nitrogens with one attached hydrogen (secondary N) is 1. The smallest absolute Gasteiger partial charge is 0.306 e. The van der Waals surface area contributed by atoms with E-state index >= 15 is 0 Å². The fraction of sp³-hybridized carbons (Fsp3) is 0.280. The number of pyridine rings is 1. The lowest BCUT2D eigenvalue weighted by Gasteiger charge is -2.20. The van der Waals surface area contributed by atoms with E-state index in [-0.39, 0.29) is 31.1 Å². The zero-order chi connectivity index (χ0) is 41.6.